The topological polar surface area (TPSA) is 105 Å². The van der Waals surface area contributed by atoms with Gasteiger partial charge in [0.2, 0.25) is 0 Å². The lowest BCUT2D eigenvalue weighted by molar-refractivity contribution is -0.120. The minimum Gasteiger partial charge on any atom is -0.484 e. The zero-order valence-corrected chi connectivity index (χ0v) is 13.1. The van der Waals surface area contributed by atoms with Crippen molar-refractivity contribution in [2.24, 2.45) is 17.4 Å². The second-order valence-electron chi connectivity index (χ2n) is 5.61. The van der Waals surface area contributed by atoms with Gasteiger partial charge in [0.15, 0.2) is 13.2 Å². The van der Waals surface area contributed by atoms with Crippen molar-refractivity contribution < 1.29 is 19.1 Å². The van der Waals surface area contributed by atoms with Crippen molar-refractivity contribution in [3.63, 3.8) is 0 Å². The second kappa shape index (κ2) is 8.92. The molecule has 1 aromatic carbocycles. The van der Waals surface area contributed by atoms with Crippen molar-refractivity contribution in [2.45, 2.75) is 33.1 Å². The fourth-order valence-electron chi connectivity index (χ4n) is 1.97. The van der Waals surface area contributed by atoms with Crippen molar-refractivity contribution in [3.05, 3.63) is 23.8 Å². The van der Waals surface area contributed by atoms with Crippen LogP contribution in [0.15, 0.2) is 18.2 Å². The number of nitrogens with two attached hydrogens (primary N) is 2. The number of carbonyl (C=O) groups excluding carboxylic acids is 2. The maximum Gasteiger partial charge on any atom is 0.255 e. The summed E-state index contributed by atoms with van der Waals surface area (Å²) in [6.45, 7) is 3.94. The van der Waals surface area contributed by atoms with Crippen LogP contribution in [0.5, 0.6) is 11.5 Å². The van der Waals surface area contributed by atoms with Crippen LogP contribution in [-0.2, 0) is 16.0 Å². The van der Waals surface area contributed by atoms with Gasteiger partial charge in [-0.05, 0) is 36.5 Å². The molecular formula is C16H24N2O4. The van der Waals surface area contributed by atoms with Gasteiger partial charge < -0.3 is 20.9 Å². The molecule has 0 saturated carbocycles. The molecule has 0 aromatic heterocycles. The molecular weight excluding hydrogens is 284 g/mol. The summed E-state index contributed by atoms with van der Waals surface area (Å²) in [5.41, 5.74) is 11.2. The van der Waals surface area contributed by atoms with E-state index >= 15 is 0 Å². The smallest absolute Gasteiger partial charge is 0.255 e. The zero-order chi connectivity index (χ0) is 16.5. The number of primary amides is 2. The molecule has 0 bridgehead atoms. The Morgan fingerprint density at radius 1 is 1.00 bits per heavy atom. The molecule has 2 amide bonds. The molecule has 0 aliphatic carbocycles. The molecule has 22 heavy (non-hydrogen) atoms. The predicted octanol–water partition coefficient (Wildman–Crippen LogP) is 1.39. The van der Waals surface area contributed by atoms with Crippen molar-refractivity contribution in [1.82, 2.24) is 0 Å². The SMILES string of the molecule is CC(C)CCCc1cc(OCC(N)=O)cc(OCC(N)=O)c1. The summed E-state index contributed by atoms with van der Waals surface area (Å²) in [6.07, 6.45) is 3.01. The van der Waals surface area contributed by atoms with Gasteiger partial charge in [-0.25, -0.2) is 0 Å². The predicted molar refractivity (Wildman–Crippen MR) is 83.6 cm³/mol. The highest BCUT2D eigenvalue weighted by Gasteiger charge is 2.07. The number of hydrogen-bond acceptors (Lipinski definition) is 4. The maximum absolute atomic E-state index is 10.8. The van der Waals surface area contributed by atoms with Crippen molar-refractivity contribution in [1.29, 1.82) is 0 Å². The molecule has 4 N–H and O–H groups in total. The summed E-state index contributed by atoms with van der Waals surface area (Å²) < 4.78 is 10.6. The third-order valence-corrected chi connectivity index (χ3v) is 2.95. The van der Waals surface area contributed by atoms with Gasteiger partial charge in [-0.15, -0.1) is 0 Å². The van der Waals surface area contributed by atoms with E-state index in [4.69, 9.17) is 20.9 Å². The first-order valence-corrected chi connectivity index (χ1v) is 7.33. The third kappa shape index (κ3) is 7.52. The maximum atomic E-state index is 10.8. The Bertz CT molecular complexity index is 479. The van der Waals surface area contributed by atoms with Crippen LogP contribution in [0.3, 0.4) is 0 Å². The highest BCUT2D eigenvalue weighted by Crippen LogP contribution is 2.24. The number of hydrogen-bond donors (Lipinski definition) is 2. The van der Waals surface area contributed by atoms with Crippen molar-refractivity contribution in [2.75, 3.05) is 13.2 Å². The average Bonchev–Trinajstić information content (AvgIpc) is 2.42. The number of ether oxygens (including phenoxy) is 2. The molecule has 0 atom stereocenters. The molecule has 1 aromatic rings. The molecule has 6 nitrogen and oxygen atoms in total. The van der Waals surface area contributed by atoms with E-state index in [0.717, 1.165) is 24.8 Å². The molecule has 0 unspecified atom stereocenters. The molecule has 0 radical (unpaired) electrons. The monoisotopic (exact) mass is 308 g/mol. The van der Waals surface area contributed by atoms with E-state index in [1.165, 1.54) is 0 Å². The number of amides is 2. The summed E-state index contributed by atoms with van der Waals surface area (Å²) in [7, 11) is 0. The van der Waals surface area contributed by atoms with Gasteiger partial charge in [0.05, 0.1) is 0 Å². The first kappa shape index (κ1) is 17.8. The molecule has 0 spiro atoms. The van der Waals surface area contributed by atoms with Gasteiger partial charge >= 0.3 is 0 Å². The molecule has 0 fully saturated rings. The lowest BCUT2D eigenvalue weighted by Gasteiger charge is -2.11. The largest absolute Gasteiger partial charge is 0.484 e. The standard InChI is InChI=1S/C16H24N2O4/c1-11(2)4-3-5-12-6-13(21-9-15(17)19)8-14(7-12)22-10-16(18)20/h6-8,11H,3-5,9-10H2,1-2H3,(H2,17,19)(H2,18,20). The number of benzene rings is 1. The van der Waals surface area contributed by atoms with Gasteiger partial charge in [-0.3, -0.25) is 9.59 Å². The molecule has 122 valence electrons. The minimum atomic E-state index is -0.551. The van der Waals surface area contributed by atoms with E-state index in [-0.39, 0.29) is 13.2 Å². The summed E-state index contributed by atoms with van der Waals surface area (Å²) in [6, 6.07) is 5.30. The quantitative estimate of drug-likeness (QED) is 0.681. The lowest BCUT2D eigenvalue weighted by atomic mass is 10.0. The van der Waals surface area contributed by atoms with Crippen LogP contribution in [0, 0.1) is 5.92 Å². The normalized spacial score (nSPS) is 10.5. The van der Waals surface area contributed by atoms with Crippen LogP contribution in [-0.4, -0.2) is 25.0 Å². The van der Waals surface area contributed by atoms with E-state index in [9.17, 15) is 9.59 Å². The highest BCUT2D eigenvalue weighted by atomic mass is 16.5. The van der Waals surface area contributed by atoms with E-state index < -0.39 is 11.8 Å². The van der Waals surface area contributed by atoms with Crippen LogP contribution in [0.25, 0.3) is 0 Å². The van der Waals surface area contributed by atoms with Gasteiger partial charge in [0.1, 0.15) is 11.5 Å². The Hall–Kier alpha value is -2.24. The van der Waals surface area contributed by atoms with Crippen LogP contribution < -0.4 is 20.9 Å². The van der Waals surface area contributed by atoms with E-state index in [1.807, 2.05) is 12.1 Å². The van der Waals surface area contributed by atoms with E-state index in [1.54, 1.807) is 6.07 Å². The zero-order valence-electron chi connectivity index (χ0n) is 13.1. The summed E-state index contributed by atoms with van der Waals surface area (Å²) >= 11 is 0. The number of carbonyl (C=O) groups is 2. The number of rotatable bonds is 10. The second-order valence-corrected chi connectivity index (χ2v) is 5.61. The van der Waals surface area contributed by atoms with Crippen LogP contribution in [0.1, 0.15) is 32.3 Å². The molecule has 0 aliphatic heterocycles. The Labute approximate surface area is 130 Å². The average molecular weight is 308 g/mol. The molecule has 0 aliphatic rings. The fourth-order valence-corrected chi connectivity index (χ4v) is 1.97. The Morgan fingerprint density at radius 2 is 1.50 bits per heavy atom. The molecule has 0 heterocycles. The first-order valence-electron chi connectivity index (χ1n) is 7.33. The summed E-state index contributed by atoms with van der Waals surface area (Å²) in [5.74, 6) is 0.509. The molecule has 6 heteroatoms. The van der Waals surface area contributed by atoms with Gasteiger partial charge in [-0.2, -0.15) is 0 Å². The molecule has 1 rings (SSSR count). The van der Waals surface area contributed by atoms with Gasteiger partial charge in [0.25, 0.3) is 11.8 Å². The minimum absolute atomic E-state index is 0.204. The number of aryl methyl sites for hydroxylation is 1. The Balaban J connectivity index is 2.78. The lowest BCUT2D eigenvalue weighted by Crippen LogP contribution is -2.21. The Morgan fingerprint density at radius 3 is 1.91 bits per heavy atom. The summed E-state index contributed by atoms with van der Waals surface area (Å²) in [5, 5.41) is 0. The Kier molecular flexibility index (Phi) is 7.22. The van der Waals surface area contributed by atoms with Crippen molar-refractivity contribution >= 4 is 11.8 Å². The van der Waals surface area contributed by atoms with Crippen LogP contribution >= 0.6 is 0 Å². The third-order valence-electron chi connectivity index (χ3n) is 2.95. The van der Waals surface area contributed by atoms with Crippen molar-refractivity contribution in [3.8, 4) is 11.5 Å². The van der Waals surface area contributed by atoms with Crippen LogP contribution in [0.2, 0.25) is 0 Å². The highest BCUT2D eigenvalue weighted by molar-refractivity contribution is 5.75. The summed E-state index contributed by atoms with van der Waals surface area (Å²) in [4.78, 5) is 21.6. The van der Waals surface area contributed by atoms with Crippen LogP contribution in [0.4, 0.5) is 0 Å². The fraction of sp³-hybridized carbons (Fsp3) is 0.500. The van der Waals surface area contributed by atoms with Gasteiger partial charge in [0, 0.05) is 6.07 Å². The van der Waals surface area contributed by atoms with Gasteiger partial charge in [-0.1, -0.05) is 20.3 Å². The van der Waals surface area contributed by atoms with E-state index in [0.29, 0.717) is 17.4 Å². The van der Waals surface area contributed by atoms with E-state index in [2.05, 4.69) is 13.8 Å². The first-order chi connectivity index (χ1) is 10.4. The molecule has 0 saturated heterocycles.